The van der Waals surface area contributed by atoms with Gasteiger partial charge in [-0.1, -0.05) is 0 Å². The first-order valence-electron chi connectivity index (χ1n) is 6.18. The Morgan fingerprint density at radius 2 is 1.90 bits per heavy atom. The van der Waals surface area contributed by atoms with Crippen molar-refractivity contribution in [3.05, 3.63) is 58.9 Å². The normalized spacial score (nSPS) is 13.2. The van der Waals surface area contributed by atoms with Gasteiger partial charge in [-0.25, -0.2) is 5.43 Å². The molecule has 0 radical (unpaired) electrons. The number of nitrogens with zero attached hydrogens (tertiary/aromatic N) is 1. The van der Waals surface area contributed by atoms with Gasteiger partial charge >= 0.3 is 6.18 Å². The lowest BCUT2D eigenvalue weighted by molar-refractivity contribution is -0.137. The number of aromatic nitrogens is 1. The van der Waals surface area contributed by atoms with E-state index in [-0.39, 0.29) is 11.3 Å². The molecule has 0 saturated heterocycles. The van der Waals surface area contributed by atoms with Crippen molar-refractivity contribution in [2.45, 2.75) is 19.1 Å². The van der Waals surface area contributed by atoms with E-state index in [0.29, 0.717) is 5.56 Å². The number of anilines is 1. The Morgan fingerprint density at radius 3 is 2.48 bits per heavy atom. The highest BCUT2D eigenvalue weighted by atomic mass is 19.4. The van der Waals surface area contributed by atoms with Crippen LogP contribution in [0.2, 0.25) is 0 Å². The molecule has 0 aliphatic rings. The fraction of sp³-hybridized carbons (Fsp3) is 0.214. The van der Waals surface area contributed by atoms with Crippen LogP contribution in [0.3, 0.4) is 0 Å². The average Bonchev–Trinajstić information content (AvgIpc) is 2.42. The van der Waals surface area contributed by atoms with E-state index in [4.69, 9.17) is 11.6 Å². The van der Waals surface area contributed by atoms with Crippen molar-refractivity contribution < 1.29 is 13.2 Å². The minimum Gasteiger partial charge on any atom is -0.398 e. The minimum absolute atomic E-state index is 0.231. The number of rotatable bonds is 3. The van der Waals surface area contributed by atoms with E-state index < -0.39 is 17.8 Å². The lowest BCUT2D eigenvalue weighted by Gasteiger charge is -2.21. The number of aryl methyl sites for hydroxylation is 1. The molecule has 21 heavy (non-hydrogen) atoms. The molecule has 2 rings (SSSR count). The van der Waals surface area contributed by atoms with Crippen molar-refractivity contribution in [2.24, 2.45) is 5.84 Å². The van der Waals surface area contributed by atoms with E-state index in [1.54, 1.807) is 18.5 Å². The van der Waals surface area contributed by atoms with Crippen molar-refractivity contribution in [1.29, 1.82) is 0 Å². The van der Waals surface area contributed by atoms with Crippen LogP contribution in [0.25, 0.3) is 0 Å². The lowest BCUT2D eigenvalue weighted by atomic mass is 9.94. The fourth-order valence-electron chi connectivity index (χ4n) is 2.13. The van der Waals surface area contributed by atoms with Gasteiger partial charge in [0.05, 0.1) is 11.6 Å². The van der Waals surface area contributed by atoms with Crippen molar-refractivity contribution in [2.75, 3.05) is 5.73 Å². The number of halogens is 3. The molecule has 0 aliphatic carbocycles. The van der Waals surface area contributed by atoms with Crippen LogP contribution in [-0.4, -0.2) is 4.98 Å². The molecule has 0 spiro atoms. The molecule has 0 amide bonds. The minimum atomic E-state index is -4.44. The molecule has 1 heterocycles. The number of nitrogen functional groups attached to an aromatic ring is 1. The monoisotopic (exact) mass is 296 g/mol. The topological polar surface area (TPSA) is 77.0 Å². The fourth-order valence-corrected chi connectivity index (χ4v) is 2.13. The number of hydrogen-bond donors (Lipinski definition) is 3. The van der Waals surface area contributed by atoms with E-state index in [0.717, 1.165) is 17.7 Å². The van der Waals surface area contributed by atoms with Gasteiger partial charge in [-0.05, 0) is 47.9 Å². The van der Waals surface area contributed by atoms with E-state index in [1.807, 2.05) is 6.92 Å². The summed E-state index contributed by atoms with van der Waals surface area (Å²) < 4.78 is 38.5. The second-order valence-corrected chi connectivity index (χ2v) is 4.67. The Balaban J connectivity index is 2.55. The molecule has 1 aromatic carbocycles. The van der Waals surface area contributed by atoms with Crippen LogP contribution >= 0.6 is 0 Å². The molecule has 0 bridgehead atoms. The summed E-state index contributed by atoms with van der Waals surface area (Å²) in [7, 11) is 0. The third-order valence-electron chi connectivity index (χ3n) is 3.28. The van der Waals surface area contributed by atoms with E-state index in [2.05, 4.69) is 10.4 Å². The van der Waals surface area contributed by atoms with E-state index >= 15 is 0 Å². The van der Waals surface area contributed by atoms with Crippen LogP contribution in [0.15, 0.2) is 36.7 Å². The van der Waals surface area contributed by atoms with Gasteiger partial charge in [-0.2, -0.15) is 13.2 Å². The van der Waals surface area contributed by atoms with E-state index in [1.165, 1.54) is 6.07 Å². The third-order valence-corrected chi connectivity index (χ3v) is 3.28. The van der Waals surface area contributed by atoms with Crippen LogP contribution in [0.1, 0.15) is 28.3 Å². The maximum absolute atomic E-state index is 12.8. The predicted octanol–water partition coefficient (Wildman–Crippen LogP) is 2.54. The number of hydrazine groups is 1. The van der Waals surface area contributed by atoms with Gasteiger partial charge in [0, 0.05) is 18.1 Å². The van der Waals surface area contributed by atoms with E-state index in [9.17, 15) is 13.2 Å². The first-order chi connectivity index (χ1) is 9.84. The molecule has 0 saturated carbocycles. The molecule has 5 N–H and O–H groups in total. The molecular weight excluding hydrogens is 281 g/mol. The van der Waals surface area contributed by atoms with Crippen LogP contribution in [0.4, 0.5) is 18.9 Å². The molecule has 7 heteroatoms. The van der Waals surface area contributed by atoms with Gasteiger partial charge in [0.1, 0.15) is 0 Å². The average molecular weight is 296 g/mol. The van der Waals surface area contributed by atoms with Crippen LogP contribution < -0.4 is 17.0 Å². The quantitative estimate of drug-likeness (QED) is 0.462. The molecule has 1 unspecified atom stereocenters. The second-order valence-electron chi connectivity index (χ2n) is 4.67. The van der Waals surface area contributed by atoms with Gasteiger partial charge in [0.25, 0.3) is 0 Å². The summed E-state index contributed by atoms with van der Waals surface area (Å²) >= 11 is 0. The predicted molar refractivity (Wildman–Crippen MR) is 74.0 cm³/mol. The lowest BCUT2D eigenvalue weighted by Crippen LogP contribution is -2.30. The Bertz CT molecular complexity index is 640. The van der Waals surface area contributed by atoms with Gasteiger partial charge < -0.3 is 5.73 Å². The number of nitrogens with two attached hydrogens (primary N) is 2. The molecule has 1 aromatic heterocycles. The van der Waals surface area contributed by atoms with Crippen LogP contribution in [0.5, 0.6) is 0 Å². The van der Waals surface area contributed by atoms with Crippen LogP contribution in [-0.2, 0) is 6.18 Å². The zero-order valence-corrected chi connectivity index (χ0v) is 11.3. The zero-order chi connectivity index (χ0) is 15.6. The van der Waals surface area contributed by atoms with Gasteiger partial charge in [-0.3, -0.25) is 10.8 Å². The number of pyridine rings is 1. The zero-order valence-electron chi connectivity index (χ0n) is 11.3. The summed E-state index contributed by atoms with van der Waals surface area (Å²) in [4.78, 5) is 3.98. The van der Waals surface area contributed by atoms with Crippen molar-refractivity contribution in [3.8, 4) is 0 Å². The van der Waals surface area contributed by atoms with Crippen molar-refractivity contribution in [1.82, 2.24) is 10.4 Å². The highest BCUT2D eigenvalue weighted by Crippen LogP contribution is 2.35. The maximum Gasteiger partial charge on any atom is 0.416 e. The van der Waals surface area contributed by atoms with Crippen LogP contribution in [0, 0.1) is 6.92 Å². The highest BCUT2D eigenvalue weighted by molar-refractivity contribution is 5.54. The Kier molecular flexibility index (Phi) is 4.15. The number of alkyl halides is 3. The first kappa shape index (κ1) is 15.3. The molecule has 2 aromatic rings. The summed E-state index contributed by atoms with van der Waals surface area (Å²) in [6.07, 6.45) is -1.28. The molecule has 0 fully saturated rings. The summed E-state index contributed by atoms with van der Waals surface area (Å²) in [6, 6.07) is 4.27. The van der Waals surface area contributed by atoms with Crippen molar-refractivity contribution >= 4 is 5.69 Å². The Hall–Kier alpha value is -2.12. The Morgan fingerprint density at radius 1 is 1.19 bits per heavy atom. The summed E-state index contributed by atoms with van der Waals surface area (Å²) in [5.74, 6) is 5.52. The Labute approximate surface area is 119 Å². The summed E-state index contributed by atoms with van der Waals surface area (Å²) in [5.41, 5.74) is 9.57. The maximum atomic E-state index is 12.8. The van der Waals surface area contributed by atoms with Gasteiger partial charge in [-0.15, -0.1) is 0 Å². The number of nitrogens with one attached hydrogen (secondary N) is 1. The van der Waals surface area contributed by atoms with Gasteiger partial charge in [0.15, 0.2) is 0 Å². The third kappa shape index (κ3) is 3.14. The SMILES string of the molecule is Cc1ccncc1C(NN)c1cc(C(F)(F)F)ccc1N. The molecule has 112 valence electrons. The first-order valence-corrected chi connectivity index (χ1v) is 6.18. The largest absolute Gasteiger partial charge is 0.416 e. The number of benzene rings is 1. The van der Waals surface area contributed by atoms with Crippen molar-refractivity contribution in [3.63, 3.8) is 0 Å². The molecular formula is C14H15F3N4. The summed E-state index contributed by atoms with van der Waals surface area (Å²) in [6.45, 7) is 1.82. The standard InChI is InChI=1S/C14H15F3N4/c1-8-4-5-20-7-11(8)13(21-19)10-6-9(14(15,16)17)2-3-12(10)18/h2-7,13,21H,18-19H2,1H3. The highest BCUT2D eigenvalue weighted by Gasteiger charge is 2.32. The second kappa shape index (κ2) is 5.71. The molecule has 4 nitrogen and oxygen atoms in total. The molecule has 0 aliphatic heterocycles. The smallest absolute Gasteiger partial charge is 0.398 e. The number of hydrogen-bond acceptors (Lipinski definition) is 4. The van der Waals surface area contributed by atoms with Gasteiger partial charge in [0.2, 0.25) is 0 Å². The summed E-state index contributed by atoms with van der Waals surface area (Å²) in [5, 5.41) is 0. The molecule has 1 atom stereocenters.